The predicted octanol–water partition coefficient (Wildman–Crippen LogP) is 3.60. The summed E-state index contributed by atoms with van der Waals surface area (Å²) in [5.41, 5.74) is 1.26. The minimum absolute atomic E-state index is 0.0272. The molecule has 3 heteroatoms. The molecule has 1 rings (SSSR count). The van der Waals surface area contributed by atoms with Crippen molar-refractivity contribution in [3.8, 4) is 0 Å². The van der Waals surface area contributed by atoms with Gasteiger partial charge in [0.25, 0.3) is 0 Å². The molecule has 1 unspecified atom stereocenters. The Hall–Kier alpha value is -0.930. The van der Waals surface area contributed by atoms with Gasteiger partial charge in [0, 0.05) is 18.7 Å². The van der Waals surface area contributed by atoms with Gasteiger partial charge in [-0.25, -0.2) is 4.39 Å². The van der Waals surface area contributed by atoms with Crippen LogP contribution in [-0.2, 0) is 4.74 Å². The number of hydrogen-bond donors (Lipinski definition) is 1. The van der Waals surface area contributed by atoms with Gasteiger partial charge in [-0.3, -0.25) is 0 Å². The van der Waals surface area contributed by atoms with E-state index in [1.54, 1.807) is 20.1 Å². The second-order valence-electron chi connectivity index (χ2n) is 5.32. The Kier molecular flexibility index (Phi) is 5.29. The van der Waals surface area contributed by atoms with Crippen molar-refractivity contribution in [3.63, 3.8) is 0 Å². The summed E-state index contributed by atoms with van der Waals surface area (Å²) in [5, 5.41) is 3.19. The summed E-state index contributed by atoms with van der Waals surface area (Å²) < 4.78 is 19.5. The number of nitrogens with one attached hydrogen (secondary N) is 1. The van der Waals surface area contributed by atoms with Gasteiger partial charge in [0.15, 0.2) is 0 Å². The number of aryl methyl sites for hydroxylation is 1. The van der Waals surface area contributed by atoms with Crippen molar-refractivity contribution in [3.05, 3.63) is 35.1 Å². The minimum atomic E-state index is -0.171. The number of ether oxygens (including phenoxy) is 1. The molecule has 0 spiro atoms. The lowest BCUT2D eigenvalue weighted by atomic mass is 9.94. The quantitative estimate of drug-likeness (QED) is 0.836. The molecule has 1 atom stereocenters. The fourth-order valence-corrected chi connectivity index (χ4v) is 1.99. The van der Waals surface area contributed by atoms with Crippen molar-refractivity contribution in [1.82, 2.24) is 5.32 Å². The van der Waals surface area contributed by atoms with Gasteiger partial charge in [-0.05, 0) is 46.2 Å². The Morgan fingerprint density at radius 2 is 2.06 bits per heavy atom. The number of methoxy groups -OCH3 is 1. The molecular formula is C15H24FNO. The average molecular weight is 253 g/mol. The van der Waals surface area contributed by atoms with Crippen LogP contribution in [0.3, 0.4) is 0 Å². The Balaban J connectivity index is 2.81. The molecule has 2 nitrogen and oxygen atoms in total. The first-order valence-electron chi connectivity index (χ1n) is 6.38. The van der Waals surface area contributed by atoms with Gasteiger partial charge in [0.1, 0.15) is 5.82 Å². The Bertz CT molecular complexity index is 390. The molecule has 0 saturated heterocycles. The van der Waals surface area contributed by atoms with Crippen LogP contribution in [0.1, 0.15) is 43.9 Å². The van der Waals surface area contributed by atoms with Crippen LogP contribution in [0, 0.1) is 12.7 Å². The molecule has 0 fully saturated rings. The molecule has 102 valence electrons. The van der Waals surface area contributed by atoms with Crippen LogP contribution >= 0.6 is 0 Å². The normalized spacial score (nSPS) is 13.7. The fraction of sp³-hybridized carbons (Fsp3) is 0.600. The molecule has 1 aromatic rings. The van der Waals surface area contributed by atoms with Crippen LogP contribution in [0.5, 0.6) is 0 Å². The second kappa shape index (κ2) is 6.30. The molecule has 0 aliphatic heterocycles. The Morgan fingerprint density at radius 1 is 1.39 bits per heavy atom. The molecule has 0 saturated carbocycles. The van der Waals surface area contributed by atoms with Crippen LogP contribution < -0.4 is 5.32 Å². The molecule has 0 amide bonds. The summed E-state index contributed by atoms with van der Waals surface area (Å²) in [4.78, 5) is 0. The van der Waals surface area contributed by atoms with Crippen LogP contribution in [0.2, 0.25) is 0 Å². The van der Waals surface area contributed by atoms with E-state index in [9.17, 15) is 4.39 Å². The Morgan fingerprint density at radius 3 is 2.61 bits per heavy atom. The van der Waals surface area contributed by atoms with Gasteiger partial charge in [-0.2, -0.15) is 0 Å². The standard InChI is InChI=1S/C15H24FNO/c1-11-7-6-8-12(14(11)16)13(17-4)9-10-15(2,3)18-5/h6-8,13,17H,9-10H2,1-5H3. The summed E-state index contributed by atoms with van der Waals surface area (Å²) in [6, 6.07) is 5.58. The van der Waals surface area contributed by atoms with Gasteiger partial charge >= 0.3 is 0 Å². The van der Waals surface area contributed by atoms with Gasteiger partial charge < -0.3 is 10.1 Å². The maximum atomic E-state index is 14.1. The van der Waals surface area contributed by atoms with Crippen LogP contribution in [-0.4, -0.2) is 19.8 Å². The molecule has 1 N–H and O–H groups in total. The molecule has 0 heterocycles. The first-order chi connectivity index (χ1) is 8.41. The first-order valence-corrected chi connectivity index (χ1v) is 6.38. The lowest BCUT2D eigenvalue weighted by Gasteiger charge is -2.26. The topological polar surface area (TPSA) is 21.3 Å². The summed E-state index contributed by atoms with van der Waals surface area (Å²) in [6.45, 7) is 5.89. The highest BCUT2D eigenvalue weighted by atomic mass is 19.1. The van der Waals surface area contributed by atoms with E-state index in [-0.39, 0.29) is 17.5 Å². The lowest BCUT2D eigenvalue weighted by Crippen LogP contribution is -2.26. The maximum absolute atomic E-state index is 14.1. The SMILES string of the molecule is CNC(CCC(C)(C)OC)c1cccc(C)c1F. The molecular weight excluding hydrogens is 229 g/mol. The molecule has 0 aliphatic carbocycles. The van der Waals surface area contributed by atoms with E-state index in [0.29, 0.717) is 5.56 Å². The van der Waals surface area contributed by atoms with Crippen molar-refractivity contribution in [1.29, 1.82) is 0 Å². The summed E-state index contributed by atoms with van der Waals surface area (Å²) in [7, 11) is 3.58. The van der Waals surface area contributed by atoms with E-state index >= 15 is 0 Å². The monoisotopic (exact) mass is 253 g/mol. The zero-order valence-corrected chi connectivity index (χ0v) is 12.0. The number of hydrogen-bond acceptors (Lipinski definition) is 2. The minimum Gasteiger partial charge on any atom is -0.379 e. The van der Waals surface area contributed by atoms with Gasteiger partial charge in [-0.1, -0.05) is 18.2 Å². The van der Waals surface area contributed by atoms with E-state index in [1.807, 2.05) is 33.0 Å². The van der Waals surface area contributed by atoms with Gasteiger partial charge in [0.2, 0.25) is 0 Å². The summed E-state index contributed by atoms with van der Waals surface area (Å²) in [5.74, 6) is -0.105. The van der Waals surface area contributed by atoms with E-state index in [0.717, 1.165) is 18.4 Å². The van der Waals surface area contributed by atoms with E-state index < -0.39 is 0 Å². The van der Waals surface area contributed by atoms with Crippen LogP contribution in [0.15, 0.2) is 18.2 Å². The van der Waals surface area contributed by atoms with Crippen LogP contribution in [0.25, 0.3) is 0 Å². The smallest absolute Gasteiger partial charge is 0.130 e. The van der Waals surface area contributed by atoms with Crippen molar-refractivity contribution in [2.24, 2.45) is 0 Å². The number of rotatable bonds is 6. The van der Waals surface area contributed by atoms with Crippen molar-refractivity contribution in [2.75, 3.05) is 14.2 Å². The molecule has 0 radical (unpaired) electrons. The van der Waals surface area contributed by atoms with Crippen LogP contribution in [0.4, 0.5) is 4.39 Å². The highest BCUT2D eigenvalue weighted by Crippen LogP contribution is 2.26. The molecule has 0 aliphatic rings. The highest BCUT2D eigenvalue weighted by molar-refractivity contribution is 5.27. The molecule has 0 bridgehead atoms. The third-order valence-electron chi connectivity index (χ3n) is 3.53. The van der Waals surface area contributed by atoms with E-state index in [4.69, 9.17) is 4.74 Å². The third-order valence-corrected chi connectivity index (χ3v) is 3.53. The molecule has 0 aromatic heterocycles. The third kappa shape index (κ3) is 3.79. The average Bonchev–Trinajstić information content (AvgIpc) is 2.35. The Labute approximate surface area is 110 Å². The van der Waals surface area contributed by atoms with Crippen molar-refractivity contribution < 1.29 is 9.13 Å². The number of halogens is 1. The second-order valence-corrected chi connectivity index (χ2v) is 5.32. The predicted molar refractivity (Wildman–Crippen MR) is 73.3 cm³/mol. The largest absolute Gasteiger partial charge is 0.379 e. The zero-order chi connectivity index (χ0) is 13.8. The van der Waals surface area contributed by atoms with Crippen molar-refractivity contribution in [2.45, 2.75) is 45.3 Å². The lowest BCUT2D eigenvalue weighted by molar-refractivity contribution is 0.0117. The van der Waals surface area contributed by atoms with Crippen molar-refractivity contribution >= 4 is 0 Å². The van der Waals surface area contributed by atoms with E-state index in [2.05, 4.69) is 5.32 Å². The first kappa shape index (κ1) is 15.1. The zero-order valence-electron chi connectivity index (χ0n) is 12.0. The fourth-order valence-electron chi connectivity index (χ4n) is 1.99. The summed E-state index contributed by atoms with van der Waals surface area (Å²) >= 11 is 0. The molecule has 1 aromatic carbocycles. The maximum Gasteiger partial charge on any atom is 0.130 e. The number of benzene rings is 1. The van der Waals surface area contributed by atoms with E-state index in [1.165, 1.54) is 0 Å². The summed E-state index contributed by atoms with van der Waals surface area (Å²) in [6.07, 6.45) is 1.72. The van der Waals surface area contributed by atoms with Gasteiger partial charge in [0.05, 0.1) is 5.60 Å². The molecule has 18 heavy (non-hydrogen) atoms. The van der Waals surface area contributed by atoms with Gasteiger partial charge in [-0.15, -0.1) is 0 Å². The highest BCUT2D eigenvalue weighted by Gasteiger charge is 2.21.